The molecule has 2 aliphatic heterocycles. The van der Waals surface area contributed by atoms with E-state index in [1.807, 2.05) is 16.3 Å². The first kappa shape index (κ1) is 13.0. The topological polar surface area (TPSA) is 64.3 Å². The average Bonchev–Trinajstić information content (AvgIpc) is 3.15. The normalized spacial score (nSPS) is 27.4. The van der Waals surface area contributed by atoms with Gasteiger partial charge >= 0.3 is 0 Å². The van der Waals surface area contributed by atoms with Crippen LogP contribution in [0, 0.1) is 0 Å². The van der Waals surface area contributed by atoms with E-state index < -0.39 is 0 Å². The van der Waals surface area contributed by atoms with Crippen LogP contribution in [0.15, 0.2) is 0 Å². The Kier molecular flexibility index (Phi) is 3.63. The summed E-state index contributed by atoms with van der Waals surface area (Å²) < 4.78 is 7.57. The molecule has 0 amide bonds. The number of rotatable bonds is 3. The molecule has 2 aromatic heterocycles. The fourth-order valence-electron chi connectivity index (χ4n) is 2.70. The molecule has 0 bridgehead atoms. The third-order valence-corrected chi connectivity index (χ3v) is 5.75. The van der Waals surface area contributed by atoms with E-state index in [1.54, 1.807) is 11.3 Å². The van der Waals surface area contributed by atoms with Crippen LogP contribution >= 0.6 is 23.1 Å². The molecule has 4 heterocycles. The van der Waals surface area contributed by atoms with Crippen molar-refractivity contribution in [1.29, 1.82) is 0 Å². The fourth-order valence-corrected chi connectivity index (χ4v) is 4.57. The molecule has 8 heteroatoms. The van der Waals surface area contributed by atoms with Crippen molar-refractivity contribution in [3.8, 4) is 0 Å². The predicted molar refractivity (Wildman–Crippen MR) is 79.4 cm³/mol. The van der Waals surface area contributed by atoms with Crippen LogP contribution in [0.2, 0.25) is 0 Å². The number of ether oxygens (including phenoxy) is 1. The van der Waals surface area contributed by atoms with Crippen LogP contribution in [-0.2, 0) is 11.2 Å². The Labute approximate surface area is 125 Å². The van der Waals surface area contributed by atoms with E-state index in [-0.39, 0.29) is 6.10 Å². The summed E-state index contributed by atoms with van der Waals surface area (Å²) >= 11 is 3.66. The molecule has 0 spiro atoms. The number of hydrogen-bond acceptors (Lipinski definition) is 7. The molecule has 0 aromatic carbocycles. The third-order valence-electron chi connectivity index (χ3n) is 3.69. The van der Waals surface area contributed by atoms with Crippen LogP contribution < -0.4 is 5.32 Å². The van der Waals surface area contributed by atoms with Gasteiger partial charge < -0.3 is 10.1 Å². The molecule has 0 radical (unpaired) electrons. The predicted octanol–water partition coefficient (Wildman–Crippen LogP) is 1.28. The van der Waals surface area contributed by atoms with Crippen molar-refractivity contribution in [1.82, 2.24) is 25.1 Å². The monoisotopic (exact) mass is 311 g/mol. The summed E-state index contributed by atoms with van der Waals surface area (Å²) in [7, 11) is 0. The molecular weight excluding hydrogens is 294 g/mol. The Morgan fingerprint density at radius 2 is 2.40 bits per heavy atom. The van der Waals surface area contributed by atoms with Crippen LogP contribution in [-0.4, -0.2) is 50.5 Å². The fraction of sp³-hybridized carbons (Fsp3) is 0.750. The summed E-state index contributed by atoms with van der Waals surface area (Å²) in [6.07, 6.45) is 3.17. The van der Waals surface area contributed by atoms with E-state index in [9.17, 15) is 0 Å². The van der Waals surface area contributed by atoms with Crippen molar-refractivity contribution in [3.63, 3.8) is 0 Å². The summed E-state index contributed by atoms with van der Waals surface area (Å²) in [5.74, 6) is 3.25. The lowest BCUT2D eigenvalue weighted by atomic mass is 10.2. The summed E-state index contributed by atoms with van der Waals surface area (Å²) in [5, 5.41) is 17.9. The Morgan fingerprint density at radius 1 is 1.40 bits per heavy atom. The highest BCUT2D eigenvalue weighted by Crippen LogP contribution is 2.28. The molecule has 2 atom stereocenters. The highest BCUT2D eigenvalue weighted by molar-refractivity contribution is 7.99. The quantitative estimate of drug-likeness (QED) is 0.921. The Hall–Kier alpha value is -0.700. The average molecular weight is 311 g/mol. The van der Waals surface area contributed by atoms with Crippen LogP contribution in [0.1, 0.15) is 29.8 Å². The summed E-state index contributed by atoms with van der Waals surface area (Å²) in [5.41, 5.74) is 0. The highest BCUT2D eigenvalue weighted by Gasteiger charge is 2.25. The van der Waals surface area contributed by atoms with E-state index in [1.165, 1.54) is 11.5 Å². The number of nitrogens with one attached hydrogen (secondary N) is 1. The van der Waals surface area contributed by atoms with Gasteiger partial charge in [0.2, 0.25) is 4.96 Å². The molecule has 2 saturated heterocycles. The third kappa shape index (κ3) is 2.45. The van der Waals surface area contributed by atoms with Crippen molar-refractivity contribution >= 4 is 28.1 Å². The van der Waals surface area contributed by atoms with Crippen molar-refractivity contribution in [3.05, 3.63) is 10.8 Å². The molecule has 2 aromatic rings. The van der Waals surface area contributed by atoms with Crippen molar-refractivity contribution in [2.45, 2.75) is 31.4 Å². The zero-order valence-corrected chi connectivity index (χ0v) is 12.8. The van der Waals surface area contributed by atoms with Crippen molar-refractivity contribution in [2.24, 2.45) is 0 Å². The van der Waals surface area contributed by atoms with E-state index in [0.717, 1.165) is 48.2 Å². The minimum Gasteiger partial charge on any atom is -0.370 e. The molecule has 0 saturated carbocycles. The molecule has 4 rings (SSSR count). The second-order valence-electron chi connectivity index (χ2n) is 5.18. The van der Waals surface area contributed by atoms with Gasteiger partial charge in [0.05, 0.1) is 0 Å². The number of aromatic nitrogens is 4. The second-order valence-corrected chi connectivity index (χ2v) is 7.37. The zero-order chi connectivity index (χ0) is 13.4. The second kappa shape index (κ2) is 5.59. The zero-order valence-electron chi connectivity index (χ0n) is 11.1. The van der Waals surface area contributed by atoms with Crippen LogP contribution in [0.4, 0.5) is 0 Å². The van der Waals surface area contributed by atoms with Gasteiger partial charge in [0.1, 0.15) is 11.1 Å². The Morgan fingerprint density at radius 3 is 3.20 bits per heavy atom. The van der Waals surface area contributed by atoms with Gasteiger partial charge in [-0.25, -0.2) is 0 Å². The van der Waals surface area contributed by atoms with Gasteiger partial charge in [-0.15, -0.1) is 10.2 Å². The maximum atomic E-state index is 5.69. The highest BCUT2D eigenvalue weighted by atomic mass is 32.2. The molecule has 20 heavy (non-hydrogen) atoms. The maximum Gasteiger partial charge on any atom is 0.234 e. The maximum absolute atomic E-state index is 5.69. The first-order chi connectivity index (χ1) is 9.90. The van der Waals surface area contributed by atoms with Crippen LogP contribution in [0.25, 0.3) is 4.96 Å². The summed E-state index contributed by atoms with van der Waals surface area (Å²) in [4.78, 5) is 0.883. The molecule has 6 nitrogen and oxygen atoms in total. The van der Waals surface area contributed by atoms with Gasteiger partial charge in [0, 0.05) is 37.1 Å². The smallest absolute Gasteiger partial charge is 0.234 e. The number of hydrogen-bond donors (Lipinski definition) is 1. The van der Waals surface area contributed by atoms with Gasteiger partial charge in [-0.05, 0) is 12.8 Å². The molecule has 2 fully saturated rings. The number of nitrogens with zero attached hydrogens (tertiary/aromatic N) is 4. The summed E-state index contributed by atoms with van der Waals surface area (Å²) in [6, 6.07) is 0.531. The molecule has 1 N–H and O–H groups in total. The van der Waals surface area contributed by atoms with Gasteiger partial charge in [0.25, 0.3) is 0 Å². The molecule has 2 aliphatic rings. The largest absolute Gasteiger partial charge is 0.370 e. The Bertz CT molecular complexity index is 586. The minimum atomic E-state index is 0.0725. The van der Waals surface area contributed by atoms with Gasteiger partial charge in [-0.2, -0.15) is 21.4 Å². The lowest BCUT2D eigenvalue weighted by molar-refractivity contribution is 0.103. The SMILES string of the molecule is C1COC(c2nnc3sc(CC4CSCCN4)nn23)C1. The Balaban J connectivity index is 1.55. The van der Waals surface area contributed by atoms with Gasteiger partial charge in [-0.3, -0.25) is 0 Å². The minimum absolute atomic E-state index is 0.0725. The van der Waals surface area contributed by atoms with Gasteiger partial charge in [0.15, 0.2) is 5.82 Å². The van der Waals surface area contributed by atoms with Crippen LogP contribution in [0.5, 0.6) is 0 Å². The van der Waals surface area contributed by atoms with Crippen LogP contribution in [0.3, 0.4) is 0 Å². The van der Waals surface area contributed by atoms with E-state index >= 15 is 0 Å². The molecular formula is C12H17N5OS2. The standard InChI is InChI=1S/C12H17N5OS2/c1-2-9(18-4-1)11-14-15-12-17(11)16-10(20-12)6-8-7-19-5-3-13-8/h8-9,13H,1-7H2. The van der Waals surface area contributed by atoms with Gasteiger partial charge in [-0.1, -0.05) is 11.3 Å². The van der Waals surface area contributed by atoms with E-state index in [0.29, 0.717) is 6.04 Å². The molecule has 2 unspecified atom stereocenters. The lowest BCUT2D eigenvalue weighted by Gasteiger charge is -2.21. The summed E-state index contributed by atoms with van der Waals surface area (Å²) in [6.45, 7) is 1.92. The van der Waals surface area contributed by atoms with E-state index in [2.05, 4.69) is 15.5 Å². The lowest BCUT2D eigenvalue weighted by Crippen LogP contribution is -2.38. The number of fused-ring (bicyclic) bond motifs is 1. The number of thioether (sulfide) groups is 1. The van der Waals surface area contributed by atoms with Crippen molar-refractivity contribution < 1.29 is 4.74 Å². The first-order valence-corrected chi connectivity index (χ1v) is 9.01. The molecule has 0 aliphatic carbocycles. The molecule has 108 valence electrons. The first-order valence-electron chi connectivity index (χ1n) is 7.04. The van der Waals surface area contributed by atoms with E-state index in [4.69, 9.17) is 9.84 Å². The van der Waals surface area contributed by atoms with Crippen molar-refractivity contribution in [2.75, 3.05) is 24.7 Å².